The van der Waals surface area contributed by atoms with Crippen molar-refractivity contribution in [3.05, 3.63) is 65.4 Å². The number of H-pyrrole nitrogens is 1. The molecule has 1 aromatic heterocycles. The number of hydrogen-bond acceptors (Lipinski definition) is 5. The number of carbonyl (C=O) groups excluding carboxylic acids is 2. The molecule has 8 heteroatoms. The van der Waals surface area contributed by atoms with Crippen molar-refractivity contribution < 1.29 is 19.1 Å². The van der Waals surface area contributed by atoms with E-state index in [0.29, 0.717) is 0 Å². The molecule has 0 radical (unpaired) electrons. The van der Waals surface area contributed by atoms with E-state index in [4.69, 9.17) is 21.1 Å². The van der Waals surface area contributed by atoms with Crippen LogP contribution in [0, 0.1) is 0 Å². The summed E-state index contributed by atoms with van der Waals surface area (Å²) in [4.78, 5) is 24.4. The maximum absolute atomic E-state index is 12.2. The smallest absolute Gasteiger partial charge is 0.408 e. The van der Waals surface area contributed by atoms with E-state index in [1.807, 2.05) is 42.5 Å². The van der Waals surface area contributed by atoms with E-state index in [1.54, 1.807) is 6.20 Å². The van der Waals surface area contributed by atoms with Crippen LogP contribution < -0.4 is 5.32 Å². The second-order valence-electron chi connectivity index (χ2n) is 6.15. The Labute approximate surface area is 167 Å². The summed E-state index contributed by atoms with van der Waals surface area (Å²) in [6.45, 7) is 0.106. The Balaban J connectivity index is 1.72. The van der Waals surface area contributed by atoms with Crippen molar-refractivity contribution in [1.29, 1.82) is 0 Å². The van der Waals surface area contributed by atoms with Crippen LogP contribution in [-0.4, -0.2) is 35.4 Å². The molecule has 7 nitrogen and oxygen atoms in total. The highest BCUT2D eigenvalue weighted by atomic mass is 35.5. The van der Waals surface area contributed by atoms with Gasteiger partial charge >= 0.3 is 12.1 Å². The van der Waals surface area contributed by atoms with E-state index in [2.05, 4.69) is 15.5 Å². The minimum absolute atomic E-state index is 0.106. The van der Waals surface area contributed by atoms with Crippen LogP contribution in [0.15, 0.2) is 48.7 Å². The second-order valence-corrected chi connectivity index (χ2v) is 6.42. The number of hydrogen-bond donors (Lipinski definition) is 2. The molecule has 1 atom stereocenters. The highest BCUT2D eigenvalue weighted by Crippen LogP contribution is 2.24. The van der Waals surface area contributed by atoms with Crippen LogP contribution in [0.1, 0.15) is 16.7 Å². The third-order valence-corrected chi connectivity index (χ3v) is 4.65. The minimum Gasteiger partial charge on any atom is -0.467 e. The predicted molar refractivity (Wildman–Crippen MR) is 105 cm³/mol. The summed E-state index contributed by atoms with van der Waals surface area (Å²) in [5, 5.41) is 10.4. The quantitative estimate of drug-likeness (QED) is 0.468. The molecule has 3 rings (SSSR count). The van der Waals surface area contributed by atoms with Gasteiger partial charge in [0.15, 0.2) is 0 Å². The molecule has 146 valence electrons. The fourth-order valence-corrected chi connectivity index (χ4v) is 3.25. The molecule has 0 saturated carbocycles. The first-order valence-electron chi connectivity index (χ1n) is 8.67. The number of methoxy groups -OCH3 is 1. The third kappa shape index (κ3) is 4.61. The normalized spacial score (nSPS) is 11.8. The van der Waals surface area contributed by atoms with Crippen molar-refractivity contribution in [3.8, 4) is 0 Å². The van der Waals surface area contributed by atoms with Gasteiger partial charge in [0.25, 0.3) is 0 Å². The minimum atomic E-state index is -0.903. The van der Waals surface area contributed by atoms with Crippen molar-refractivity contribution in [2.75, 3.05) is 7.11 Å². The first-order valence-corrected chi connectivity index (χ1v) is 9.20. The first-order chi connectivity index (χ1) is 13.6. The highest BCUT2D eigenvalue weighted by molar-refractivity contribution is 6.18. The number of nitrogens with one attached hydrogen (secondary N) is 2. The predicted octanol–water partition coefficient (Wildman–Crippen LogP) is 3.31. The Hall–Kier alpha value is -3.06. The van der Waals surface area contributed by atoms with Crippen LogP contribution in [0.3, 0.4) is 0 Å². The Morgan fingerprint density at radius 1 is 1.21 bits per heavy atom. The van der Waals surface area contributed by atoms with E-state index >= 15 is 0 Å². The SMILES string of the molecule is COC(=O)C(Cc1ccc2[nH]ncc2c1CCl)NC(=O)OCc1ccccc1. The lowest BCUT2D eigenvalue weighted by molar-refractivity contribution is -0.143. The van der Waals surface area contributed by atoms with Gasteiger partial charge in [0.2, 0.25) is 0 Å². The van der Waals surface area contributed by atoms with Gasteiger partial charge < -0.3 is 14.8 Å². The molecular formula is C20H20ClN3O4. The lowest BCUT2D eigenvalue weighted by Crippen LogP contribution is -2.43. The van der Waals surface area contributed by atoms with Crippen molar-refractivity contribution in [2.45, 2.75) is 24.9 Å². The molecular weight excluding hydrogens is 382 g/mol. The number of aromatic nitrogens is 2. The number of amides is 1. The lowest BCUT2D eigenvalue weighted by atomic mass is 9.98. The van der Waals surface area contributed by atoms with Crippen LogP contribution in [0.5, 0.6) is 0 Å². The molecule has 3 aromatic rings. The molecule has 2 aromatic carbocycles. The second kappa shape index (κ2) is 9.23. The molecule has 1 unspecified atom stereocenters. The third-order valence-electron chi connectivity index (χ3n) is 4.38. The Morgan fingerprint density at radius 2 is 2.00 bits per heavy atom. The topological polar surface area (TPSA) is 93.3 Å². The van der Waals surface area contributed by atoms with Gasteiger partial charge in [0.1, 0.15) is 12.6 Å². The summed E-state index contributed by atoms with van der Waals surface area (Å²) in [7, 11) is 1.27. The lowest BCUT2D eigenvalue weighted by Gasteiger charge is -2.18. The number of alkyl halides is 1. The Morgan fingerprint density at radius 3 is 2.71 bits per heavy atom. The van der Waals surface area contributed by atoms with Crippen molar-refractivity contribution in [3.63, 3.8) is 0 Å². The number of nitrogens with zero attached hydrogens (tertiary/aromatic N) is 1. The molecule has 0 aliphatic rings. The molecule has 0 fully saturated rings. The average Bonchev–Trinajstić information content (AvgIpc) is 3.20. The van der Waals surface area contributed by atoms with Gasteiger partial charge in [-0.3, -0.25) is 5.10 Å². The number of halogens is 1. The van der Waals surface area contributed by atoms with E-state index < -0.39 is 18.1 Å². The van der Waals surface area contributed by atoms with Crippen molar-refractivity contribution in [2.24, 2.45) is 0 Å². The molecule has 0 aliphatic carbocycles. The number of aromatic amines is 1. The zero-order valence-corrected chi connectivity index (χ0v) is 16.0. The molecule has 2 N–H and O–H groups in total. The molecule has 1 amide bonds. The summed E-state index contributed by atoms with van der Waals surface area (Å²) >= 11 is 6.12. The van der Waals surface area contributed by atoms with Crippen LogP contribution in [-0.2, 0) is 33.2 Å². The number of carbonyl (C=O) groups is 2. The van der Waals surface area contributed by atoms with Gasteiger partial charge in [-0.2, -0.15) is 5.10 Å². The maximum Gasteiger partial charge on any atom is 0.408 e. The summed E-state index contributed by atoms with van der Waals surface area (Å²) in [5.41, 5.74) is 3.37. The number of rotatable bonds is 7. The monoisotopic (exact) mass is 401 g/mol. The molecule has 0 saturated heterocycles. The summed E-state index contributed by atoms with van der Waals surface area (Å²) in [6, 6.07) is 12.1. The standard InChI is InChI=1S/C20H20ClN3O4/c1-27-19(25)18(23-20(26)28-12-13-5-3-2-4-6-13)9-14-7-8-17-16(11-22-24-17)15(14)10-21/h2-8,11,18H,9-10,12H2,1H3,(H,22,24)(H,23,26). The van der Waals surface area contributed by atoms with Gasteiger partial charge in [-0.25, -0.2) is 9.59 Å². The molecule has 1 heterocycles. The summed E-state index contributed by atoms with van der Waals surface area (Å²) in [6.07, 6.45) is 1.21. The summed E-state index contributed by atoms with van der Waals surface area (Å²) in [5.74, 6) is -0.317. The largest absolute Gasteiger partial charge is 0.467 e. The fourth-order valence-electron chi connectivity index (χ4n) is 2.93. The highest BCUT2D eigenvalue weighted by Gasteiger charge is 2.24. The van der Waals surface area contributed by atoms with Crippen molar-refractivity contribution >= 4 is 34.6 Å². The van der Waals surface area contributed by atoms with Gasteiger partial charge in [0.05, 0.1) is 18.8 Å². The fraction of sp³-hybridized carbons (Fsp3) is 0.250. The number of alkyl carbamates (subject to hydrolysis) is 1. The zero-order valence-electron chi connectivity index (χ0n) is 15.3. The number of benzene rings is 2. The van der Waals surface area contributed by atoms with Crippen molar-refractivity contribution in [1.82, 2.24) is 15.5 Å². The molecule has 0 aliphatic heterocycles. The van der Waals surface area contributed by atoms with Crippen LogP contribution in [0.2, 0.25) is 0 Å². The van der Waals surface area contributed by atoms with Crippen LogP contribution >= 0.6 is 11.6 Å². The number of ether oxygens (including phenoxy) is 2. The van der Waals surface area contributed by atoms with Gasteiger partial charge in [-0.05, 0) is 22.8 Å². The van der Waals surface area contributed by atoms with Gasteiger partial charge in [-0.1, -0.05) is 36.4 Å². The average molecular weight is 402 g/mol. The van der Waals surface area contributed by atoms with E-state index in [9.17, 15) is 9.59 Å². The molecule has 28 heavy (non-hydrogen) atoms. The zero-order chi connectivity index (χ0) is 19.9. The van der Waals surface area contributed by atoms with E-state index in [-0.39, 0.29) is 18.9 Å². The Bertz CT molecular complexity index is 958. The maximum atomic E-state index is 12.2. The van der Waals surface area contributed by atoms with Gasteiger partial charge in [0, 0.05) is 17.7 Å². The van der Waals surface area contributed by atoms with Crippen LogP contribution in [0.25, 0.3) is 10.9 Å². The Kier molecular flexibility index (Phi) is 6.49. The van der Waals surface area contributed by atoms with E-state index in [0.717, 1.165) is 27.6 Å². The van der Waals surface area contributed by atoms with E-state index in [1.165, 1.54) is 7.11 Å². The number of esters is 1. The summed E-state index contributed by atoms with van der Waals surface area (Å²) < 4.78 is 10.0. The molecule has 0 spiro atoms. The van der Waals surface area contributed by atoms with Crippen LogP contribution in [0.4, 0.5) is 4.79 Å². The van der Waals surface area contributed by atoms with Gasteiger partial charge in [-0.15, -0.1) is 11.6 Å². The number of fused-ring (bicyclic) bond motifs is 1. The molecule has 0 bridgehead atoms. The first kappa shape index (κ1) is 19.7.